The van der Waals surface area contributed by atoms with Gasteiger partial charge < -0.3 is 4.90 Å². The number of amides is 1. The van der Waals surface area contributed by atoms with E-state index in [2.05, 4.69) is 18.8 Å². The zero-order chi connectivity index (χ0) is 15.9. The number of hydrogen-bond donors (Lipinski definition) is 0. The van der Waals surface area contributed by atoms with E-state index in [1.165, 1.54) is 6.42 Å². The number of fused-ring (bicyclic) bond motifs is 1. The molecule has 0 spiro atoms. The second-order valence-corrected chi connectivity index (χ2v) is 7.79. The number of likely N-dealkylation sites (tertiary alicyclic amines) is 1. The monoisotopic (exact) mass is 321 g/mol. The zero-order valence-corrected chi connectivity index (χ0v) is 14.2. The summed E-state index contributed by atoms with van der Waals surface area (Å²) in [5.41, 5.74) is 0.708. The second-order valence-electron chi connectivity index (χ2n) is 6.80. The van der Waals surface area contributed by atoms with Crippen molar-refractivity contribution in [1.82, 2.24) is 14.5 Å². The summed E-state index contributed by atoms with van der Waals surface area (Å²) in [6, 6.07) is 1.50. The molecule has 1 aromatic rings. The molecule has 0 N–H and O–H groups in total. The van der Waals surface area contributed by atoms with Crippen LogP contribution in [0.3, 0.4) is 0 Å². The summed E-state index contributed by atoms with van der Waals surface area (Å²) in [7, 11) is 0. The number of carbonyl (C=O) groups is 1. The van der Waals surface area contributed by atoms with Crippen LogP contribution in [0.4, 0.5) is 0 Å². The smallest absolute Gasteiger partial charge is 0.254 e. The quantitative estimate of drug-likeness (QED) is 0.783. The Morgan fingerprint density at radius 3 is 2.73 bits per heavy atom. The Hall–Kier alpha value is -1.30. The van der Waals surface area contributed by atoms with Crippen LogP contribution >= 0.6 is 11.8 Å². The highest BCUT2D eigenvalue weighted by Gasteiger charge is 2.31. The molecule has 1 amide bonds. The fourth-order valence-electron chi connectivity index (χ4n) is 3.61. The maximum atomic E-state index is 12.6. The summed E-state index contributed by atoms with van der Waals surface area (Å²) >= 11 is 1.58. The van der Waals surface area contributed by atoms with E-state index in [1.54, 1.807) is 22.4 Å². The minimum Gasteiger partial charge on any atom is -0.342 e. The second kappa shape index (κ2) is 6.07. The van der Waals surface area contributed by atoms with Gasteiger partial charge in [-0.2, -0.15) is 0 Å². The summed E-state index contributed by atoms with van der Waals surface area (Å²) < 4.78 is 1.70. The lowest BCUT2D eigenvalue weighted by Gasteiger charge is -2.35. The molecular weight excluding hydrogens is 298 g/mol. The van der Waals surface area contributed by atoms with Crippen LogP contribution in [0.1, 0.15) is 38.4 Å². The molecule has 0 bridgehead atoms. The third kappa shape index (κ3) is 3.07. The van der Waals surface area contributed by atoms with Crippen molar-refractivity contribution in [3.05, 3.63) is 22.1 Å². The number of carbonyl (C=O) groups excluding carboxylic acids is 1. The molecule has 22 heavy (non-hydrogen) atoms. The van der Waals surface area contributed by atoms with E-state index in [1.807, 2.05) is 11.8 Å². The van der Waals surface area contributed by atoms with Crippen LogP contribution in [-0.4, -0.2) is 39.2 Å². The molecular formula is C16H23N3O2S. The Kier molecular flexibility index (Phi) is 4.30. The molecule has 1 fully saturated rings. The molecule has 1 saturated heterocycles. The van der Waals surface area contributed by atoms with Crippen LogP contribution < -0.4 is 5.56 Å². The van der Waals surface area contributed by atoms with E-state index < -0.39 is 0 Å². The van der Waals surface area contributed by atoms with Crippen molar-refractivity contribution in [2.24, 2.45) is 11.8 Å². The van der Waals surface area contributed by atoms with Crippen molar-refractivity contribution in [1.29, 1.82) is 0 Å². The van der Waals surface area contributed by atoms with Gasteiger partial charge in [0.1, 0.15) is 0 Å². The van der Waals surface area contributed by atoms with E-state index in [-0.39, 0.29) is 17.5 Å². The summed E-state index contributed by atoms with van der Waals surface area (Å²) in [5, 5.41) is 0.753. The lowest BCUT2D eigenvalue weighted by molar-refractivity contribution is -0.134. The third-order valence-electron chi connectivity index (χ3n) is 4.45. The minimum absolute atomic E-state index is 0.0364. The van der Waals surface area contributed by atoms with Crippen molar-refractivity contribution in [2.45, 2.75) is 44.8 Å². The first kappa shape index (κ1) is 15.6. The van der Waals surface area contributed by atoms with Crippen molar-refractivity contribution in [3.63, 3.8) is 0 Å². The number of aromatic nitrogens is 2. The summed E-state index contributed by atoms with van der Waals surface area (Å²) in [6.45, 7) is 7.92. The number of nitrogens with zero attached hydrogens (tertiary/aromatic N) is 3. The van der Waals surface area contributed by atoms with Crippen LogP contribution in [0.2, 0.25) is 0 Å². The fraction of sp³-hybridized carbons (Fsp3) is 0.688. The zero-order valence-electron chi connectivity index (χ0n) is 13.4. The molecule has 2 aliphatic rings. The Labute approximate surface area is 135 Å². The minimum atomic E-state index is -0.0550. The molecule has 3 unspecified atom stereocenters. The van der Waals surface area contributed by atoms with Crippen LogP contribution in [0, 0.1) is 18.8 Å². The van der Waals surface area contributed by atoms with Gasteiger partial charge in [-0.05, 0) is 25.2 Å². The number of hydrogen-bond acceptors (Lipinski definition) is 4. The molecule has 6 heteroatoms. The molecule has 0 aromatic carbocycles. The Morgan fingerprint density at radius 2 is 2.05 bits per heavy atom. The van der Waals surface area contributed by atoms with Gasteiger partial charge in [-0.15, -0.1) is 0 Å². The molecule has 3 heterocycles. The summed E-state index contributed by atoms with van der Waals surface area (Å²) in [6.07, 6.45) is 1.60. The van der Waals surface area contributed by atoms with Crippen molar-refractivity contribution in [3.8, 4) is 0 Å². The largest absolute Gasteiger partial charge is 0.342 e. The topological polar surface area (TPSA) is 55.2 Å². The van der Waals surface area contributed by atoms with Gasteiger partial charge in [-0.3, -0.25) is 14.2 Å². The Morgan fingerprint density at radius 1 is 1.36 bits per heavy atom. The molecule has 3 atom stereocenters. The third-order valence-corrected chi connectivity index (χ3v) is 5.55. The lowest BCUT2D eigenvalue weighted by Crippen LogP contribution is -2.43. The number of aryl methyl sites for hydroxylation is 1. The molecule has 3 rings (SSSR count). The molecule has 120 valence electrons. The van der Waals surface area contributed by atoms with Gasteiger partial charge >= 0.3 is 0 Å². The molecule has 5 nitrogen and oxygen atoms in total. The predicted molar refractivity (Wildman–Crippen MR) is 87.1 cm³/mol. The standard InChI is InChI=1S/C16H23N3O2S/c1-10-4-11(2)8-18(7-10)14(20)6-13-9-22-16-17-12(3)5-15(21)19(13)16/h5,10-11,13H,4,6-9H2,1-3H3. The van der Waals surface area contributed by atoms with E-state index in [4.69, 9.17) is 0 Å². The van der Waals surface area contributed by atoms with Gasteiger partial charge in [0.05, 0.1) is 6.04 Å². The normalized spacial score (nSPS) is 27.8. The number of thioether (sulfide) groups is 1. The van der Waals surface area contributed by atoms with E-state index in [9.17, 15) is 9.59 Å². The van der Waals surface area contributed by atoms with Gasteiger partial charge in [-0.25, -0.2) is 4.98 Å². The molecule has 0 aliphatic carbocycles. The number of piperidine rings is 1. The molecule has 2 aliphatic heterocycles. The highest BCUT2D eigenvalue weighted by Crippen LogP contribution is 2.33. The van der Waals surface area contributed by atoms with Crippen molar-refractivity contribution >= 4 is 17.7 Å². The maximum Gasteiger partial charge on any atom is 0.254 e. The van der Waals surface area contributed by atoms with Crippen LogP contribution in [-0.2, 0) is 4.79 Å². The lowest BCUT2D eigenvalue weighted by atomic mass is 9.91. The first-order chi connectivity index (χ1) is 10.4. The highest BCUT2D eigenvalue weighted by atomic mass is 32.2. The SMILES string of the molecule is Cc1cc(=O)n2c(n1)SCC2CC(=O)N1CC(C)CC(C)C1. The van der Waals surface area contributed by atoms with Gasteiger partial charge in [0.25, 0.3) is 5.56 Å². The van der Waals surface area contributed by atoms with Gasteiger partial charge in [0.2, 0.25) is 5.91 Å². The van der Waals surface area contributed by atoms with Gasteiger partial charge in [0.15, 0.2) is 5.16 Å². The predicted octanol–water partition coefficient (Wildman–Crippen LogP) is 2.09. The summed E-state index contributed by atoms with van der Waals surface area (Å²) in [4.78, 5) is 31.2. The summed E-state index contributed by atoms with van der Waals surface area (Å²) in [5.74, 6) is 2.05. The first-order valence-electron chi connectivity index (χ1n) is 7.94. The van der Waals surface area contributed by atoms with Crippen LogP contribution in [0.25, 0.3) is 0 Å². The van der Waals surface area contributed by atoms with Crippen molar-refractivity contribution in [2.75, 3.05) is 18.8 Å². The van der Waals surface area contributed by atoms with Crippen LogP contribution in [0.5, 0.6) is 0 Å². The van der Waals surface area contributed by atoms with Gasteiger partial charge in [-0.1, -0.05) is 25.6 Å². The van der Waals surface area contributed by atoms with E-state index in [0.29, 0.717) is 18.3 Å². The molecule has 0 radical (unpaired) electrons. The fourth-order valence-corrected chi connectivity index (χ4v) is 4.81. The first-order valence-corrected chi connectivity index (χ1v) is 8.93. The molecule has 0 saturated carbocycles. The average molecular weight is 321 g/mol. The number of rotatable bonds is 2. The van der Waals surface area contributed by atoms with E-state index in [0.717, 1.165) is 29.7 Å². The maximum absolute atomic E-state index is 12.6. The van der Waals surface area contributed by atoms with Gasteiger partial charge in [0, 0.05) is 37.0 Å². The van der Waals surface area contributed by atoms with Crippen LogP contribution in [0.15, 0.2) is 16.0 Å². The van der Waals surface area contributed by atoms with Crippen molar-refractivity contribution < 1.29 is 4.79 Å². The molecule has 1 aromatic heterocycles. The Bertz CT molecular complexity index is 633. The Balaban J connectivity index is 1.73. The average Bonchev–Trinajstić information content (AvgIpc) is 2.80. The van der Waals surface area contributed by atoms with E-state index >= 15 is 0 Å². The highest BCUT2D eigenvalue weighted by molar-refractivity contribution is 7.99.